The first-order valence-corrected chi connectivity index (χ1v) is 6.27. The largest absolute Gasteiger partial charge is 0.493 e. The van der Waals surface area contributed by atoms with Crippen LogP contribution in [0.3, 0.4) is 0 Å². The average Bonchev–Trinajstić information content (AvgIpc) is 2.37. The highest BCUT2D eigenvalue weighted by atomic mass is 16.5. The van der Waals surface area contributed by atoms with Crippen LogP contribution in [0.25, 0.3) is 0 Å². The molecule has 0 radical (unpaired) electrons. The van der Waals surface area contributed by atoms with E-state index in [2.05, 4.69) is 5.32 Å². The fourth-order valence-corrected chi connectivity index (χ4v) is 1.85. The Hall–Kier alpha value is -2.24. The number of carbonyl (C=O) groups is 2. The monoisotopic (exact) mass is 281 g/mol. The highest BCUT2D eigenvalue weighted by Gasteiger charge is 2.18. The van der Waals surface area contributed by atoms with Crippen LogP contribution in [0.2, 0.25) is 0 Å². The van der Waals surface area contributed by atoms with Crippen LogP contribution in [0.15, 0.2) is 18.2 Å². The van der Waals surface area contributed by atoms with Crippen LogP contribution in [0.4, 0.5) is 0 Å². The Balaban J connectivity index is 3.06. The average molecular weight is 281 g/mol. The first kappa shape index (κ1) is 15.8. The van der Waals surface area contributed by atoms with Gasteiger partial charge < -0.3 is 19.9 Å². The summed E-state index contributed by atoms with van der Waals surface area (Å²) in [5.41, 5.74) is 0.655. The van der Waals surface area contributed by atoms with E-state index in [-0.39, 0.29) is 12.3 Å². The van der Waals surface area contributed by atoms with Gasteiger partial charge in [-0.15, -0.1) is 0 Å². The lowest BCUT2D eigenvalue weighted by atomic mass is 10.0. The smallest absolute Gasteiger partial charge is 0.305 e. The molecule has 0 spiro atoms. The molecular formula is C14H19NO5. The molecule has 0 bridgehead atoms. The van der Waals surface area contributed by atoms with Crippen molar-refractivity contribution in [2.75, 3.05) is 13.7 Å². The lowest BCUT2D eigenvalue weighted by Crippen LogP contribution is -2.28. The molecule has 0 aliphatic rings. The Labute approximate surface area is 117 Å². The van der Waals surface area contributed by atoms with Gasteiger partial charge in [-0.05, 0) is 24.6 Å². The third-order valence-corrected chi connectivity index (χ3v) is 2.65. The maximum Gasteiger partial charge on any atom is 0.305 e. The lowest BCUT2D eigenvalue weighted by molar-refractivity contribution is -0.137. The molecule has 0 heterocycles. The number of rotatable bonds is 7. The van der Waals surface area contributed by atoms with Gasteiger partial charge in [0.2, 0.25) is 5.91 Å². The van der Waals surface area contributed by atoms with E-state index in [1.807, 2.05) is 6.92 Å². The zero-order valence-corrected chi connectivity index (χ0v) is 11.8. The van der Waals surface area contributed by atoms with Gasteiger partial charge in [-0.25, -0.2) is 0 Å². The highest BCUT2D eigenvalue weighted by Crippen LogP contribution is 2.31. The third kappa shape index (κ3) is 4.46. The number of carboxylic acid groups (broad SMARTS) is 1. The number of amides is 1. The quantitative estimate of drug-likeness (QED) is 0.795. The number of nitrogens with one attached hydrogen (secondary N) is 1. The molecule has 6 nitrogen and oxygen atoms in total. The van der Waals surface area contributed by atoms with E-state index < -0.39 is 12.0 Å². The molecule has 6 heteroatoms. The van der Waals surface area contributed by atoms with Crippen molar-refractivity contribution >= 4 is 11.9 Å². The predicted molar refractivity (Wildman–Crippen MR) is 73.0 cm³/mol. The zero-order valence-electron chi connectivity index (χ0n) is 11.8. The van der Waals surface area contributed by atoms with Gasteiger partial charge in [0.25, 0.3) is 0 Å². The minimum Gasteiger partial charge on any atom is -0.493 e. The molecule has 1 atom stereocenters. The molecule has 0 saturated heterocycles. The van der Waals surface area contributed by atoms with Gasteiger partial charge in [-0.1, -0.05) is 6.07 Å². The van der Waals surface area contributed by atoms with E-state index in [9.17, 15) is 9.59 Å². The lowest BCUT2D eigenvalue weighted by Gasteiger charge is -2.18. The standard InChI is InChI=1S/C14H19NO5/c1-4-20-12-6-5-10(7-13(12)19-3)11(8-14(17)18)15-9(2)16/h5-7,11H,4,8H2,1-3H3,(H,15,16)(H,17,18). The molecule has 1 amide bonds. The van der Waals surface area contributed by atoms with Crippen molar-refractivity contribution in [3.63, 3.8) is 0 Å². The summed E-state index contributed by atoms with van der Waals surface area (Å²) < 4.78 is 10.6. The van der Waals surface area contributed by atoms with E-state index in [0.29, 0.717) is 23.7 Å². The maximum absolute atomic E-state index is 11.2. The molecule has 0 aromatic heterocycles. The number of benzene rings is 1. The number of ether oxygens (including phenoxy) is 2. The zero-order chi connectivity index (χ0) is 15.1. The summed E-state index contributed by atoms with van der Waals surface area (Å²) in [5, 5.41) is 11.5. The number of hydrogen-bond donors (Lipinski definition) is 2. The van der Waals surface area contributed by atoms with Crippen molar-refractivity contribution in [3.05, 3.63) is 23.8 Å². The van der Waals surface area contributed by atoms with Crippen molar-refractivity contribution in [2.45, 2.75) is 26.3 Å². The number of carbonyl (C=O) groups excluding carboxylic acids is 1. The minimum absolute atomic E-state index is 0.198. The van der Waals surface area contributed by atoms with Crippen LogP contribution < -0.4 is 14.8 Å². The molecule has 0 saturated carbocycles. The molecule has 0 aliphatic heterocycles. The van der Waals surface area contributed by atoms with Crippen LogP contribution in [-0.4, -0.2) is 30.7 Å². The Bertz CT molecular complexity index is 470. The number of methoxy groups -OCH3 is 1. The first-order valence-electron chi connectivity index (χ1n) is 6.27. The summed E-state index contributed by atoms with van der Waals surface area (Å²) in [4.78, 5) is 22.1. The topological polar surface area (TPSA) is 84.9 Å². The molecule has 1 aromatic rings. The molecule has 110 valence electrons. The molecule has 0 fully saturated rings. The number of aliphatic carboxylic acids is 1. The third-order valence-electron chi connectivity index (χ3n) is 2.65. The molecule has 2 N–H and O–H groups in total. The van der Waals surface area contributed by atoms with Gasteiger partial charge >= 0.3 is 5.97 Å². The van der Waals surface area contributed by atoms with Crippen molar-refractivity contribution < 1.29 is 24.2 Å². The summed E-state index contributed by atoms with van der Waals surface area (Å²) in [6.07, 6.45) is -0.198. The van der Waals surface area contributed by atoms with Crippen molar-refractivity contribution in [1.29, 1.82) is 0 Å². The number of hydrogen-bond acceptors (Lipinski definition) is 4. The van der Waals surface area contributed by atoms with Crippen LogP contribution in [0.1, 0.15) is 31.9 Å². The van der Waals surface area contributed by atoms with Crippen LogP contribution in [-0.2, 0) is 9.59 Å². The molecule has 20 heavy (non-hydrogen) atoms. The van der Waals surface area contributed by atoms with Crippen molar-refractivity contribution in [1.82, 2.24) is 5.32 Å². The van der Waals surface area contributed by atoms with Gasteiger partial charge in [0, 0.05) is 6.92 Å². The van der Waals surface area contributed by atoms with Gasteiger partial charge in [-0.2, -0.15) is 0 Å². The molecule has 1 rings (SSSR count). The summed E-state index contributed by atoms with van der Waals surface area (Å²) >= 11 is 0. The fraction of sp³-hybridized carbons (Fsp3) is 0.429. The Morgan fingerprint density at radius 3 is 2.55 bits per heavy atom. The van der Waals surface area contributed by atoms with Crippen molar-refractivity contribution in [2.24, 2.45) is 0 Å². The van der Waals surface area contributed by atoms with Gasteiger partial charge in [0.15, 0.2) is 11.5 Å². The van der Waals surface area contributed by atoms with Gasteiger partial charge in [0.05, 0.1) is 26.2 Å². The maximum atomic E-state index is 11.2. The van der Waals surface area contributed by atoms with E-state index in [0.717, 1.165) is 0 Å². The summed E-state index contributed by atoms with van der Waals surface area (Å²) in [7, 11) is 1.51. The minimum atomic E-state index is -0.989. The second-order valence-electron chi connectivity index (χ2n) is 4.19. The van der Waals surface area contributed by atoms with Crippen molar-refractivity contribution in [3.8, 4) is 11.5 Å². The predicted octanol–water partition coefficient (Wildman–Crippen LogP) is 1.75. The normalized spacial score (nSPS) is 11.6. The summed E-state index contributed by atoms with van der Waals surface area (Å²) in [5.74, 6) is -0.193. The summed E-state index contributed by atoms with van der Waals surface area (Å²) in [6, 6.07) is 4.49. The van der Waals surface area contributed by atoms with Crippen LogP contribution in [0, 0.1) is 0 Å². The summed E-state index contributed by atoms with van der Waals surface area (Å²) in [6.45, 7) is 3.71. The Morgan fingerprint density at radius 1 is 1.35 bits per heavy atom. The van der Waals surface area contributed by atoms with Crippen LogP contribution in [0.5, 0.6) is 11.5 Å². The SMILES string of the molecule is CCOc1ccc(C(CC(=O)O)NC(C)=O)cc1OC. The molecular weight excluding hydrogens is 262 g/mol. The van der Waals surface area contributed by atoms with Crippen LogP contribution >= 0.6 is 0 Å². The number of carboxylic acids is 1. The molecule has 1 aromatic carbocycles. The van der Waals surface area contributed by atoms with E-state index in [4.69, 9.17) is 14.6 Å². The van der Waals surface area contributed by atoms with E-state index in [1.165, 1.54) is 14.0 Å². The van der Waals surface area contributed by atoms with E-state index >= 15 is 0 Å². The highest BCUT2D eigenvalue weighted by molar-refractivity contribution is 5.75. The Kier molecular flexibility index (Phi) is 5.83. The first-order chi connectivity index (χ1) is 9.47. The Morgan fingerprint density at radius 2 is 2.05 bits per heavy atom. The fourth-order valence-electron chi connectivity index (χ4n) is 1.85. The van der Waals surface area contributed by atoms with Gasteiger partial charge in [0.1, 0.15) is 0 Å². The van der Waals surface area contributed by atoms with Gasteiger partial charge in [-0.3, -0.25) is 9.59 Å². The second kappa shape index (κ2) is 7.37. The molecule has 0 aliphatic carbocycles. The molecule has 1 unspecified atom stereocenters. The second-order valence-corrected chi connectivity index (χ2v) is 4.19. The van der Waals surface area contributed by atoms with E-state index in [1.54, 1.807) is 18.2 Å².